The first-order chi connectivity index (χ1) is 15.5. The van der Waals surface area contributed by atoms with Gasteiger partial charge in [0.1, 0.15) is 6.54 Å². The van der Waals surface area contributed by atoms with Crippen molar-refractivity contribution >= 4 is 22.6 Å². The first-order valence-electron chi connectivity index (χ1n) is 11.2. The van der Waals surface area contributed by atoms with Crippen LogP contribution in [0.2, 0.25) is 0 Å². The van der Waals surface area contributed by atoms with Crippen molar-refractivity contribution in [1.29, 1.82) is 0 Å². The van der Waals surface area contributed by atoms with E-state index in [1.807, 2.05) is 4.90 Å². The lowest BCUT2D eigenvalue weighted by Gasteiger charge is -2.52. The molecule has 5 rings (SSSR count). The Morgan fingerprint density at radius 1 is 1.16 bits per heavy atom. The van der Waals surface area contributed by atoms with Gasteiger partial charge in [-0.3, -0.25) is 14.4 Å². The van der Waals surface area contributed by atoms with Crippen molar-refractivity contribution < 1.29 is 19.1 Å². The first kappa shape index (κ1) is 20.8. The molecule has 0 spiro atoms. The highest BCUT2D eigenvalue weighted by atomic mass is 16.5. The minimum Gasteiger partial charge on any atom is -0.493 e. The van der Waals surface area contributed by atoms with E-state index in [-0.39, 0.29) is 30.0 Å². The summed E-state index contributed by atoms with van der Waals surface area (Å²) in [6.45, 7) is 1.85. The Morgan fingerprint density at radius 3 is 2.78 bits per heavy atom. The van der Waals surface area contributed by atoms with Gasteiger partial charge in [-0.15, -0.1) is 0 Å². The van der Waals surface area contributed by atoms with Crippen molar-refractivity contribution in [3.8, 4) is 11.5 Å². The van der Waals surface area contributed by atoms with Crippen LogP contribution in [0.5, 0.6) is 11.5 Å². The fourth-order valence-corrected chi connectivity index (χ4v) is 5.74. The number of amides is 2. The zero-order valence-corrected chi connectivity index (χ0v) is 18.5. The number of aromatic nitrogens is 2. The number of nitrogens with zero attached hydrogens (tertiary/aromatic N) is 4. The number of hydrogen-bond donors (Lipinski definition) is 0. The molecule has 3 aliphatic heterocycles. The smallest absolute Gasteiger partial charge is 0.279 e. The summed E-state index contributed by atoms with van der Waals surface area (Å²) in [5, 5.41) is 5.21. The third-order valence-corrected chi connectivity index (χ3v) is 7.18. The molecule has 2 aromatic rings. The zero-order valence-electron chi connectivity index (χ0n) is 18.5. The SMILES string of the molecule is COc1ccc2cnn(CC(=O)N3C[C@@H]4C[C@@H](C3)C3CCCC(=O)N3C4)c(=O)c2c1OC. The minimum atomic E-state index is -0.382. The lowest BCUT2D eigenvalue weighted by molar-refractivity contribution is -0.149. The van der Waals surface area contributed by atoms with Crippen LogP contribution in [0, 0.1) is 11.8 Å². The molecular formula is C23H28N4O5. The number of ether oxygens (including phenoxy) is 2. The predicted molar refractivity (Wildman–Crippen MR) is 117 cm³/mol. The van der Waals surface area contributed by atoms with Gasteiger partial charge >= 0.3 is 0 Å². The number of piperidine rings is 3. The van der Waals surface area contributed by atoms with Crippen LogP contribution in [0.1, 0.15) is 25.7 Å². The van der Waals surface area contributed by atoms with Gasteiger partial charge in [-0.2, -0.15) is 5.10 Å². The van der Waals surface area contributed by atoms with Crippen molar-refractivity contribution in [2.24, 2.45) is 11.8 Å². The second kappa shape index (κ2) is 8.11. The van der Waals surface area contributed by atoms with Crippen molar-refractivity contribution in [1.82, 2.24) is 19.6 Å². The van der Waals surface area contributed by atoms with Crippen molar-refractivity contribution in [3.05, 3.63) is 28.7 Å². The van der Waals surface area contributed by atoms with Crippen LogP contribution in [-0.4, -0.2) is 71.3 Å². The molecule has 9 heteroatoms. The lowest BCUT2D eigenvalue weighted by atomic mass is 9.76. The van der Waals surface area contributed by atoms with Crippen LogP contribution in [0.15, 0.2) is 23.1 Å². The van der Waals surface area contributed by atoms with Crippen LogP contribution in [0.3, 0.4) is 0 Å². The van der Waals surface area contributed by atoms with Gasteiger partial charge in [0.25, 0.3) is 5.56 Å². The highest BCUT2D eigenvalue weighted by Gasteiger charge is 2.44. The molecule has 0 saturated carbocycles. The molecule has 3 aliphatic rings. The average molecular weight is 441 g/mol. The summed E-state index contributed by atoms with van der Waals surface area (Å²) in [5.74, 6) is 1.53. The fourth-order valence-electron chi connectivity index (χ4n) is 5.74. The van der Waals surface area contributed by atoms with E-state index >= 15 is 0 Å². The molecular weight excluding hydrogens is 412 g/mol. The topological polar surface area (TPSA) is 94.0 Å². The molecule has 9 nitrogen and oxygen atoms in total. The maximum atomic E-state index is 13.2. The lowest BCUT2D eigenvalue weighted by Crippen LogP contribution is -2.61. The van der Waals surface area contributed by atoms with E-state index < -0.39 is 0 Å². The van der Waals surface area contributed by atoms with Crippen LogP contribution in [0.25, 0.3) is 10.8 Å². The number of hydrogen-bond acceptors (Lipinski definition) is 6. The Labute approximate surface area is 185 Å². The molecule has 0 N–H and O–H groups in total. The fraction of sp³-hybridized carbons (Fsp3) is 0.565. The number of methoxy groups -OCH3 is 2. The Balaban J connectivity index is 1.38. The summed E-state index contributed by atoms with van der Waals surface area (Å²) < 4.78 is 11.9. The molecule has 0 radical (unpaired) electrons. The molecule has 4 heterocycles. The van der Waals surface area contributed by atoms with Gasteiger partial charge in [-0.1, -0.05) is 0 Å². The Morgan fingerprint density at radius 2 is 2.00 bits per heavy atom. The number of carbonyl (C=O) groups is 2. The average Bonchev–Trinajstić information content (AvgIpc) is 2.80. The Bertz CT molecular complexity index is 1130. The van der Waals surface area contributed by atoms with E-state index in [1.165, 1.54) is 18.9 Å². The predicted octanol–water partition coefficient (Wildman–Crippen LogP) is 1.27. The minimum absolute atomic E-state index is 0.119. The maximum Gasteiger partial charge on any atom is 0.279 e. The van der Waals surface area contributed by atoms with Gasteiger partial charge in [0, 0.05) is 37.5 Å². The van der Waals surface area contributed by atoms with Crippen LogP contribution in [0.4, 0.5) is 0 Å². The summed E-state index contributed by atoms with van der Waals surface area (Å²) in [6.07, 6.45) is 5.21. The van der Waals surface area contributed by atoms with Crippen molar-refractivity contribution in [2.45, 2.75) is 38.3 Å². The zero-order chi connectivity index (χ0) is 22.4. The number of carbonyl (C=O) groups excluding carboxylic acids is 2. The summed E-state index contributed by atoms with van der Waals surface area (Å²) in [6, 6.07) is 3.71. The van der Waals surface area contributed by atoms with E-state index in [1.54, 1.807) is 18.3 Å². The molecule has 0 aliphatic carbocycles. The molecule has 32 heavy (non-hydrogen) atoms. The van der Waals surface area contributed by atoms with Crippen LogP contribution < -0.4 is 15.0 Å². The highest BCUT2D eigenvalue weighted by Crippen LogP contribution is 2.38. The van der Waals surface area contributed by atoms with Crippen molar-refractivity contribution in [3.63, 3.8) is 0 Å². The number of likely N-dealkylation sites (tertiary alicyclic amines) is 1. The molecule has 2 amide bonds. The Hall–Kier alpha value is -3.10. The first-order valence-corrected chi connectivity index (χ1v) is 11.2. The van der Waals surface area contributed by atoms with Crippen LogP contribution in [-0.2, 0) is 16.1 Å². The summed E-state index contributed by atoms with van der Waals surface area (Å²) in [7, 11) is 3.00. The summed E-state index contributed by atoms with van der Waals surface area (Å²) >= 11 is 0. The Kier molecular flexibility index (Phi) is 5.27. The third-order valence-electron chi connectivity index (χ3n) is 7.18. The van der Waals surface area contributed by atoms with E-state index in [4.69, 9.17) is 9.47 Å². The van der Waals surface area contributed by atoms with Gasteiger partial charge in [-0.05, 0) is 43.2 Å². The summed E-state index contributed by atoms with van der Waals surface area (Å²) in [5.41, 5.74) is -0.382. The standard InChI is InChI=1S/C23H28N4O5/c1-31-18-7-6-15-9-24-27(23(30)21(15)22(18)32-2)13-20(29)25-10-14-8-16(12-25)17-4-3-5-19(28)26(17)11-14/h6-7,9,14,16-17H,3-5,8,10-13H2,1-2H3/t14-,16-,17?/m0/s1. The van der Waals surface area contributed by atoms with E-state index in [2.05, 4.69) is 10.00 Å². The molecule has 3 atom stereocenters. The summed E-state index contributed by atoms with van der Waals surface area (Å²) in [4.78, 5) is 42.6. The van der Waals surface area contributed by atoms with E-state index in [9.17, 15) is 14.4 Å². The molecule has 1 unspecified atom stereocenters. The number of benzene rings is 1. The second-order valence-corrected chi connectivity index (χ2v) is 9.04. The molecule has 1 aromatic heterocycles. The monoisotopic (exact) mass is 440 g/mol. The quantitative estimate of drug-likeness (QED) is 0.711. The normalized spacial score (nSPS) is 24.9. The molecule has 3 saturated heterocycles. The number of rotatable bonds is 4. The van der Waals surface area contributed by atoms with E-state index in [0.29, 0.717) is 53.6 Å². The largest absolute Gasteiger partial charge is 0.493 e. The van der Waals surface area contributed by atoms with Gasteiger partial charge in [-0.25, -0.2) is 4.68 Å². The van der Waals surface area contributed by atoms with Crippen LogP contribution >= 0.6 is 0 Å². The van der Waals surface area contributed by atoms with Gasteiger partial charge < -0.3 is 19.3 Å². The van der Waals surface area contributed by atoms with Gasteiger partial charge in [0.05, 0.1) is 25.8 Å². The second-order valence-electron chi connectivity index (χ2n) is 9.04. The molecule has 1 aromatic carbocycles. The molecule has 2 bridgehead atoms. The third kappa shape index (κ3) is 3.40. The van der Waals surface area contributed by atoms with Gasteiger partial charge in [0.2, 0.25) is 11.8 Å². The molecule has 170 valence electrons. The van der Waals surface area contributed by atoms with Gasteiger partial charge in [0.15, 0.2) is 11.5 Å². The van der Waals surface area contributed by atoms with E-state index in [0.717, 1.165) is 25.8 Å². The highest BCUT2D eigenvalue weighted by molar-refractivity contribution is 5.89. The number of fused-ring (bicyclic) bond motifs is 5. The maximum absolute atomic E-state index is 13.2. The van der Waals surface area contributed by atoms with Crippen molar-refractivity contribution in [2.75, 3.05) is 33.9 Å². The molecule has 3 fully saturated rings.